The van der Waals surface area contributed by atoms with Crippen molar-refractivity contribution < 1.29 is 0 Å². The smallest absolute Gasteiger partial charge is 0.114 e. The molecule has 1 aromatic rings. The fraction of sp³-hybridized carbons (Fsp3) is 0.333. The topological polar surface area (TPSA) is 0 Å². The summed E-state index contributed by atoms with van der Waals surface area (Å²) in [4.78, 5) is 1.05. The molecule has 0 unspecified atom stereocenters. The molecule has 2 rings (SSSR count). The normalized spacial score (nSPS) is 14.3. The Morgan fingerprint density at radius 3 is 2.43 bits per heavy atom. The Balaban J connectivity index is 2.73. The predicted octanol–water partition coefficient (Wildman–Crippen LogP) is -1.62. The summed E-state index contributed by atoms with van der Waals surface area (Å²) in [5.41, 5.74) is 3.86. The van der Waals surface area contributed by atoms with Crippen LogP contribution in [0.3, 0.4) is 0 Å². The Hall–Kier alpha value is -0.170. The third-order valence-corrected chi connectivity index (χ3v) is 3.75. The summed E-state index contributed by atoms with van der Waals surface area (Å²) in [7, 11) is 23.4. The standard InChI is InChI=1S/C9H6B4S/c10-3-5-6(11)4-1-2-14-9(4)8(13)7(5)12/h1-3H2. The van der Waals surface area contributed by atoms with Crippen molar-refractivity contribution in [3.63, 3.8) is 0 Å². The van der Waals surface area contributed by atoms with Gasteiger partial charge in [0.2, 0.25) is 0 Å². The molecular weight excluding hydrogens is 183 g/mol. The van der Waals surface area contributed by atoms with Crippen molar-refractivity contribution in [1.82, 2.24) is 0 Å². The van der Waals surface area contributed by atoms with Crippen molar-refractivity contribution in [2.75, 3.05) is 5.75 Å². The molecule has 0 saturated carbocycles. The zero-order valence-corrected chi connectivity index (χ0v) is 8.66. The van der Waals surface area contributed by atoms with Crippen molar-refractivity contribution in [2.45, 2.75) is 17.6 Å². The molecule has 1 aliphatic heterocycles. The van der Waals surface area contributed by atoms with E-state index in [0.717, 1.165) is 33.7 Å². The van der Waals surface area contributed by atoms with Crippen LogP contribution < -0.4 is 16.4 Å². The molecule has 8 radical (unpaired) electrons. The molecule has 0 aromatic heterocycles. The lowest BCUT2D eigenvalue weighted by Gasteiger charge is -2.18. The Morgan fingerprint density at radius 1 is 1.07 bits per heavy atom. The number of rotatable bonds is 1. The van der Waals surface area contributed by atoms with Gasteiger partial charge in [-0.15, -0.1) is 17.2 Å². The average Bonchev–Trinajstić information content (AvgIpc) is 2.64. The highest BCUT2D eigenvalue weighted by molar-refractivity contribution is 7.99. The molecule has 5 heteroatoms. The number of benzene rings is 1. The van der Waals surface area contributed by atoms with Crippen LogP contribution in [-0.4, -0.2) is 37.1 Å². The highest BCUT2D eigenvalue weighted by Gasteiger charge is 2.19. The van der Waals surface area contributed by atoms with Gasteiger partial charge in [-0.2, -0.15) is 0 Å². The maximum Gasteiger partial charge on any atom is 0.114 e. The lowest BCUT2D eigenvalue weighted by molar-refractivity contribution is 1.16. The van der Waals surface area contributed by atoms with Gasteiger partial charge in [0.25, 0.3) is 0 Å². The minimum atomic E-state index is 0.347. The van der Waals surface area contributed by atoms with Crippen molar-refractivity contribution >= 4 is 59.5 Å². The molecule has 0 N–H and O–H groups in total. The number of hydrogen-bond donors (Lipinski definition) is 0. The van der Waals surface area contributed by atoms with E-state index in [9.17, 15) is 0 Å². The summed E-state index contributed by atoms with van der Waals surface area (Å²) in [5, 5.41) is 0. The molecule has 0 amide bonds. The van der Waals surface area contributed by atoms with Gasteiger partial charge in [0.05, 0.1) is 7.85 Å². The highest BCUT2D eigenvalue weighted by Crippen LogP contribution is 2.27. The summed E-state index contributed by atoms with van der Waals surface area (Å²) in [6.07, 6.45) is 1.31. The maximum atomic E-state index is 5.99. The average molecular weight is 189 g/mol. The van der Waals surface area contributed by atoms with Gasteiger partial charge in [0.1, 0.15) is 23.5 Å². The first kappa shape index (κ1) is 10.4. The van der Waals surface area contributed by atoms with E-state index in [1.54, 1.807) is 11.8 Å². The van der Waals surface area contributed by atoms with Gasteiger partial charge in [-0.25, -0.2) is 0 Å². The van der Waals surface area contributed by atoms with Crippen molar-refractivity contribution in [2.24, 2.45) is 0 Å². The molecule has 1 aliphatic rings. The van der Waals surface area contributed by atoms with Gasteiger partial charge < -0.3 is 0 Å². The molecule has 0 fully saturated rings. The molecule has 1 aromatic carbocycles. The second-order valence-corrected chi connectivity index (χ2v) is 4.44. The highest BCUT2D eigenvalue weighted by atomic mass is 32.2. The van der Waals surface area contributed by atoms with Crippen LogP contribution in [0.1, 0.15) is 11.1 Å². The van der Waals surface area contributed by atoms with Crippen LogP contribution in [0.4, 0.5) is 0 Å². The van der Waals surface area contributed by atoms with E-state index in [1.807, 2.05) is 0 Å². The minimum absolute atomic E-state index is 0.347. The molecule has 0 saturated heterocycles. The zero-order chi connectivity index (χ0) is 10.3. The van der Waals surface area contributed by atoms with Crippen molar-refractivity contribution in [3.8, 4) is 0 Å². The summed E-state index contributed by atoms with van der Waals surface area (Å²) < 4.78 is 0. The van der Waals surface area contributed by atoms with Crippen LogP contribution >= 0.6 is 11.8 Å². The Kier molecular flexibility index (Phi) is 2.79. The summed E-state index contributed by atoms with van der Waals surface area (Å²) in [6.45, 7) is 0. The zero-order valence-electron chi connectivity index (χ0n) is 7.84. The second-order valence-electron chi connectivity index (χ2n) is 3.33. The van der Waals surface area contributed by atoms with Crippen molar-refractivity contribution in [1.29, 1.82) is 0 Å². The molecule has 60 valence electrons. The van der Waals surface area contributed by atoms with Crippen LogP contribution in [0.5, 0.6) is 0 Å². The summed E-state index contributed by atoms with van der Waals surface area (Å²) in [6, 6.07) is 0. The van der Waals surface area contributed by atoms with Crippen molar-refractivity contribution in [3.05, 3.63) is 11.1 Å². The summed E-state index contributed by atoms with van der Waals surface area (Å²) in [5.74, 6) is 1.02. The van der Waals surface area contributed by atoms with Crippen LogP contribution in [0.15, 0.2) is 4.90 Å². The van der Waals surface area contributed by atoms with Gasteiger partial charge in [0.15, 0.2) is 0 Å². The van der Waals surface area contributed by atoms with Crippen LogP contribution in [0.25, 0.3) is 0 Å². The molecule has 0 aliphatic carbocycles. The van der Waals surface area contributed by atoms with Crippen LogP contribution in [0.2, 0.25) is 0 Å². The Bertz CT molecular complexity index is 382. The van der Waals surface area contributed by atoms with Gasteiger partial charge in [-0.05, 0) is 12.0 Å². The van der Waals surface area contributed by atoms with E-state index in [4.69, 9.17) is 31.4 Å². The second kappa shape index (κ2) is 3.77. The van der Waals surface area contributed by atoms with Gasteiger partial charge >= 0.3 is 0 Å². The third kappa shape index (κ3) is 1.37. The van der Waals surface area contributed by atoms with Crippen LogP contribution in [0, 0.1) is 0 Å². The van der Waals surface area contributed by atoms with Crippen LogP contribution in [-0.2, 0) is 12.7 Å². The number of fused-ring (bicyclic) bond motifs is 1. The van der Waals surface area contributed by atoms with E-state index >= 15 is 0 Å². The van der Waals surface area contributed by atoms with E-state index in [0.29, 0.717) is 17.2 Å². The summed E-state index contributed by atoms with van der Waals surface area (Å²) >= 11 is 1.72. The molecule has 0 spiro atoms. The van der Waals surface area contributed by atoms with E-state index in [1.165, 1.54) is 0 Å². The first-order valence-electron chi connectivity index (χ1n) is 4.47. The van der Waals surface area contributed by atoms with E-state index in [-0.39, 0.29) is 0 Å². The molecule has 0 atom stereocenters. The lowest BCUT2D eigenvalue weighted by atomic mass is 9.68. The van der Waals surface area contributed by atoms with E-state index < -0.39 is 0 Å². The SMILES string of the molecule is [B]Cc1c([B])c([B])c2c(c1[B])CCS2. The first-order valence-corrected chi connectivity index (χ1v) is 5.46. The minimum Gasteiger partial charge on any atom is -0.126 e. The number of hydrogen-bond acceptors (Lipinski definition) is 1. The monoisotopic (exact) mass is 190 g/mol. The molecule has 1 heterocycles. The fourth-order valence-corrected chi connectivity index (χ4v) is 2.95. The quantitative estimate of drug-likeness (QED) is 0.479. The molecule has 0 bridgehead atoms. The van der Waals surface area contributed by atoms with Gasteiger partial charge in [-0.1, -0.05) is 22.8 Å². The molecule has 0 nitrogen and oxygen atoms in total. The molecular formula is C9H6B4S. The predicted molar refractivity (Wildman–Crippen MR) is 66.5 cm³/mol. The largest absolute Gasteiger partial charge is 0.126 e. The Labute approximate surface area is 94.3 Å². The van der Waals surface area contributed by atoms with Gasteiger partial charge in [0, 0.05) is 10.6 Å². The third-order valence-electron chi connectivity index (χ3n) is 2.59. The number of thioether (sulfide) groups is 1. The first-order chi connectivity index (χ1) is 6.66. The molecule has 14 heavy (non-hydrogen) atoms. The maximum absolute atomic E-state index is 5.99. The Morgan fingerprint density at radius 2 is 1.79 bits per heavy atom. The van der Waals surface area contributed by atoms with Gasteiger partial charge in [-0.3, -0.25) is 0 Å². The fourth-order valence-electron chi connectivity index (χ4n) is 1.79. The van der Waals surface area contributed by atoms with E-state index in [2.05, 4.69) is 0 Å². The lowest BCUT2D eigenvalue weighted by Crippen LogP contribution is -2.38.